The summed E-state index contributed by atoms with van der Waals surface area (Å²) in [5.74, 6) is -0.773. The van der Waals surface area contributed by atoms with Crippen molar-refractivity contribution in [1.82, 2.24) is 10.6 Å². The van der Waals surface area contributed by atoms with E-state index in [9.17, 15) is 19.7 Å². The fourth-order valence-corrected chi connectivity index (χ4v) is 2.48. The Labute approximate surface area is 166 Å². The van der Waals surface area contributed by atoms with E-state index in [1.165, 1.54) is 30.4 Å². The van der Waals surface area contributed by atoms with E-state index < -0.39 is 10.8 Å². The van der Waals surface area contributed by atoms with Crippen LogP contribution in [-0.2, 0) is 4.79 Å². The lowest BCUT2D eigenvalue weighted by molar-refractivity contribution is -0.384. The van der Waals surface area contributed by atoms with Gasteiger partial charge < -0.3 is 10.6 Å². The maximum atomic E-state index is 12.1. The number of anilines is 1. The van der Waals surface area contributed by atoms with Crippen molar-refractivity contribution >= 4 is 46.6 Å². The Morgan fingerprint density at radius 3 is 2.64 bits per heavy atom. The molecule has 0 unspecified atom stereocenters. The molecule has 0 saturated carbocycles. The van der Waals surface area contributed by atoms with Crippen molar-refractivity contribution in [3.63, 3.8) is 0 Å². The zero-order chi connectivity index (χ0) is 20.5. The van der Waals surface area contributed by atoms with E-state index in [2.05, 4.69) is 16.0 Å². The molecule has 0 radical (unpaired) electrons. The Morgan fingerprint density at radius 2 is 1.93 bits per heavy atom. The fourth-order valence-electron chi connectivity index (χ4n) is 2.27. The Balaban J connectivity index is 2.00. The molecule has 2 amide bonds. The van der Waals surface area contributed by atoms with Gasteiger partial charge in [-0.2, -0.15) is 0 Å². The molecular weight excluding hydrogens is 380 g/mol. The number of carbonyl (C=O) groups excluding carboxylic acids is 2. The quantitative estimate of drug-likeness (QED) is 0.298. The number of hydrogen-bond donors (Lipinski definition) is 3. The van der Waals surface area contributed by atoms with Crippen LogP contribution in [0, 0.1) is 10.1 Å². The minimum Gasteiger partial charge on any atom is -0.352 e. The standard InChI is InChI=1S/C19H18N4O4S/c1-2-20-18(25)15-8-3-4-9-16(15)21-19(28)22-17(24)11-10-13-6-5-7-14(12-13)23(26)27/h3-12H,2H2,1H3,(H,20,25)(H2,21,22,24,28)/b11-10+. The van der Waals surface area contributed by atoms with Crippen LogP contribution in [0.5, 0.6) is 0 Å². The van der Waals surface area contributed by atoms with Gasteiger partial charge in [0.25, 0.3) is 11.6 Å². The third-order valence-corrected chi connectivity index (χ3v) is 3.71. The molecule has 2 aromatic rings. The van der Waals surface area contributed by atoms with Crippen LogP contribution in [-0.4, -0.2) is 28.4 Å². The van der Waals surface area contributed by atoms with Gasteiger partial charge in [0, 0.05) is 24.8 Å². The van der Waals surface area contributed by atoms with E-state index >= 15 is 0 Å². The zero-order valence-corrected chi connectivity index (χ0v) is 15.8. The lowest BCUT2D eigenvalue weighted by Crippen LogP contribution is -2.34. The summed E-state index contributed by atoms with van der Waals surface area (Å²) >= 11 is 5.11. The molecule has 2 rings (SSSR count). The summed E-state index contributed by atoms with van der Waals surface area (Å²) in [6.45, 7) is 2.29. The second-order valence-corrected chi connectivity index (χ2v) is 5.94. The van der Waals surface area contributed by atoms with Gasteiger partial charge in [0.2, 0.25) is 5.91 Å². The third-order valence-electron chi connectivity index (χ3n) is 3.50. The van der Waals surface area contributed by atoms with Crippen LogP contribution in [0.4, 0.5) is 11.4 Å². The summed E-state index contributed by atoms with van der Waals surface area (Å²) in [6, 6.07) is 12.6. The Hall–Kier alpha value is -3.59. The average Bonchev–Trinajstić information content (AvgIpc) is 2.67. The molecule has 0 atom stereocenters. The van der Waals surface area contributed by atoms with Crippen LogP contribution in [0.25, 0.3) is 6.08 Å². The summed E-state index contributed by atoms with van der Waals surface area (Å²) in [4.78, 5) is 34.3. The van der Waals surface area contributed by atoms with Crippen LogP contribution in [0.2, 0.25) is 0 Å². The zero-order valence-electron chi connectivity index (χ0n) is 15.0. The number of benzene rings is 2. The summed E-state index contributed by atoms with van der Waals surface area (Å²) in [6.07, 6.45) is 2.65. The first-order chi connectivity index (χ1) is 13.4. The summed E-state index contributed by atoms with van der Waals surface area (Å²) < 4.78 is 0. The number of hydrogen-bond acceptors (Lipinski definition) is 5. The molecule has 0 bridgehead atoms. The highest BCUT2D eigenvalue weighted by Gasteiger charge is 2.11. The monoisotopic (exact) mass is 398 g/mol. The van der Waals surface area contributed by atoms with Gasteiger partial charge in [-0.3, -0.25) is 25.0 Å². The summed E-state index contributed by atoms with van der Waals surface area (Å²) in [5, 5.41) is 18.8. The number of nitro groups is 1. The minimum atomic E-state index is -0.514. The molecule has 0 aromatic heterocycles. The van der Waals surface area contributed by atoms with Gasteiger partial charge >= 0.3 is 0 Å². The van der Waals surface area contributed by atoms with Gasteiger partial charge in [-0.1, -0.05) is 24.3 Å². The van der Waals surface area contributed by atoms with Crippen LogP contribution < -0.4 is 16.0 Å². The number of para-hydroxylation sites is 1. The molecule has 0 fully saturated rings. The Bertz CT molecular complexity index is 943. The number of amides is 2. The topological polar surface area (TPSA) is 113 Å². The number of nitrogens with zero attached hydrogens (tertiary/aromatic N) is 1. The number of nitrogens with one attached hydrogen (secondary N) is 3. The SMILES string of the molecule is CCNC(=O)c1ccccc1NC(=S)NC(=O)/C=C/c1cccc([N+](=O)[O-])c1. The van der Waals surface area contributed by atoms with Gasteiger partial charge in [-0.05, 0) is 42.9 Å². The average molecular weight is 398 g/mol. The number of thiocarbonyl (C=S) groups is 1. The van der Waals surface area contributed by atoms with Crippen LogP contribution in [0.1, 0.15) is 22.8 Å². The van der Waals surface area contributed by atoms with Gasteiger partial charge in [0.15, 0.2) is 5.11 Å². The molecular formula is C19H18N4O4S. The van der Waals surface area contributed by atoms with Crippen LogP contribution in [0.3, 0.4) is 0 Å². The molecule has 0 aliphatic carbocycles. The van der Waals surface area contributed by atoms with E-state index in [1.807, 2.05) is 6.92 Å². The first kappa shape index (κ1) is 20.7. The fraction of sp³-hybridized carbons (Fsp3) is 0.105. The second-order valence-electron chi connectivity index (χ2n) is 5.53. The molecule has 0 aliphatic heterocycles. The highest BCUT2D eigenvalue weighted by Crippen LogP contribution is 2.15. The highest BCUT2D eigenvalue weighted by molar-refractivity contribution is 7.80. The second kappa shape index (κ2) is 9.93. The molecule has 3 N–H and O–H groups in total. The van der Waals surface area contributed by atoms with Gasteiger partial charge in [-0.15, -0.1) is 0 Å². The predicted molar refractivity (Wildman–Crippen MR) is 111 cm³/mol. The molecule has 0 heterocycles. The van der Waals surface area contributed by atoms with Crippen molar-refractivity contribution < 1.29 is 14.5 Å². The molecule has 8 nitrogen and oxygen atoms in total. The molecule has 2 aromatic carbocycles. The van der Waals surface area contributed by atoms with Crippen molar-refractivity contribution in [2.45, 2.75) is 6.92 Å². The van der Waals surface area contributed by atoms with Gasteiger partial charge in [-0.25, -0.2) is 0 Å². The normalized spacial score (nSPS) is 10.3. The lowest BCUT2D eigenvalue weighted by Gasteiger charge is -2.12. The first-order valence-corrected chi connectivity index (χ1v) is 8.73. The predicted octanol–water partition coefficient (Wildman–Crippen LogP) is 2.87. The van der Waals surface area contributed by atoms with E-state index in [0.717, 1.165) is 0 Å². The lowest BCUT2D eigenvalue weighted by atomic mass is 10.1. The van der Waals surface area contributed by atoms with E-state index in [4.69, 9.17) is 12.2 Å². The molecule has 0 aliphatic rings. The van der Waals surface area contributed by atoms with Crippen molar-refractivity contribution in [3.8, 4) is 0 Å². The third kappa shape index (κ3) is 5.99. The van der Waals surface area contributed by atoms with Gasteiger partial charge in [0.1, 0.15) is 0 Å². The van der Waals surface area contributed by atoms with Crippen molar-refractivity contribution in [2.75, 3.05) is 11.9 Å². The van der Waals surface area contributed by atoms with E-state index in [-0.39, 0.29) is 16.7 Å². The van der Waals surface area contributed by atoms with E-state index in [1.54, 1.807) is 30.3 Å². The first-order valence-electron chi connectivity index (χ1n) is 8.32. The minimum absolute atomic E-state index is 0.0189. The molecule has 9 heteroatoms. The number of rotatable bonds is 6. The van der Waals surface area contributed by atoms with Crippen molar-refractivity contribution in [1.29, 1.82) is 0 Å². The maximum Gasteiger partial charge on any atom is 0.270 e. The Morgan fingerprint density at radius 1 is 1.18 bits per heavy atom. The van der Waals surface area contributed by atoms with Crippen molar-refractivity contribution in [2.24, 2.45) is 0 Å². The number of nitro benzene ring substituents is 1. The molecule has 0 spiro atoms. The summed E-state index contributed by atoms with van der Waals surface area (Å²) in [7, 11) is 0. The van der Waals surface area contributed by atoms with Gasteiger partial charge in [0.05, 0.1) is 16.2 Å². The molecule has 28 heavy (non-hydrogen) atoms. The molecule has 0 saturated heterocycles. The summed E-state index contributed by atoms with van der Waals surface area (Å²) in [5.41, 5.74) is 1.29. The smallest absolute Gasteiger partial charge is 0.270 e. The number of carbonyl (C=O) groups is 2. The number of non-ortho nitro benzene ring substituents is 1. The Kier molecular flexibility index (Phi) is 7.35. The largest absolute Gasteiger partial charge is 0.352 e. The van der Waals surface area contributed by atoms with E-state index in [0.29, 0.717) is 23.4 Å². The van der Waals surface area contributed by atoms with Crippen LogP contribution in [0.15, 0.2) is 54.6 Å². The van der Waals surface area contributed by atoms with Crippen molar-refractivity contribution in [3.05, 3.63) is 75.8 Å². The molecule has 144 valence electrons. The van der Waals surface area contributed by atoms with Crippen LogP contribution >= 0.6 is 12.2 Å². The maximum absolute atomic E-state index is 12.1. The highest BCUT2D eigenvalue weighted by atomic mass is 32.1.